The van der Waals surface area contributed by atoms with Gasteiger partial charge >= 0.3 is 0 Å². The highest BCUT2D eigenvalue weighted by Crippen LogP contribution is 2.26. The van der Waals surface area contributed by atoms with E-state index in [9.17, 15) is 4.79 Å². The molecule has 0 atom stereocenters. The third-order valence-corrected chi connectivity index (χ3v) is 3.80. The fourth-order valence-electron chi connectivity index (χ4n) is 2.27. The Morgan fingerprint density at radius 1 is 1.28 bits per heavy atom. The second-order valence-corrected chi connectivity index (χ2v) is 5.69. The molecule has 8 heteroatoms. The lowest BCUT2D eigenvalue weighted by Gasteiger charge is -2.03. The van der Waals surface area contributed by atoms with Gasteiger partial charge in [0.2, 0.25) is 11.9 Å². The van der Waals surface area contributed by atoms with Crippen molar-refractivity contribution >= 4 is 23.5 Å². The lowest BCUT2D eigenvalue weighted by atomic mass is 10.1. The summed E-state index contributed by atoms with van der Waals surface area (Å²) < 4.78 is 5.24. The van der Waals surface area contributed by atoms with Crippen molar-refractivity contribution in [3.05, 3.63) is 53.3 Å². The van der Waals surface area contributed by atoms with E-state index in [0.717, 1.165) is 5.56 Å². The maximum atomic E-state index is 12.1. The fourth-order valence-corrected chi connectivity index (χ4v) is 2.40. The summed E-state index contributed by atoms with van der Waals surface area (Å²) in [5.41, 5.74) is 1.75. The summed E-state index contributed by atoms with van der Waals surface area (Å²) >= 11 is 5.84. The zero-order chi connectivity index (χ0) is 17.6. The molecule has 0 fully saturated rings. The number of ether oxygens (including phenoxy) is 1. The minimum absolute atomic E-state index is 0.165. The molecule has 1 amide bonds. The summed E-state index contributed by atoms with van der Waals surface area (Å²) in [7, 11) is 1.55. The molecule has 25 heavy (non-hydrogen) atoms. The summed E-state index contributed by atoms with van der Waals surface area (Å²) in [4.78, 5) is 20.3. The molecule has 0 saturated carbocycles. The summed E-state index contributed by atoms with van der Waals surface area (Å²) in [6, 6.07) is 9.16. The van der Waals surface area contributed by atoms with Gasteiger partial charge in [0.15, 0.2) is 5.82 Å². The SMILES string of the molecule is COc1cnccc1-c1nc(NC(=O)CCc2ccc(Cl)cc2)n[nH]1. The fraction of sp³-hybridized carbons (Fsp3) is 0.176. The van der Waals surface area contributed by atoms with Gasteiger partial charge in [0, 0.05) is 17.6 Å². The summed E-state index contributed by atoms with van der Waals surface area (Å²) in [5, 5.41) is 10.1. The smallest absolute Gasteiger partial charge is 0.249 e. The van der Waals surface area contributed by atoms with Crippen LogP contribution in [0.4, 0.5) is 5.95 Å². The standard InChI is InChI=1S/C17H16ClN5O2/c1-25-14-10-19-9-8-13(14)16-21-17(23-22-16)20-15(24)7-4-11-2-5-12(18)6-3-11/h2-3,5-6,8-10H,4,7H2,1H3,(H2,20,21,22,23,24). The van der Waals surface area contributed by atoms with E-state index in [1.807, 2.05) is 12.1 Å². The van der Waals surface area contributed by atoms with Gasteiger partial charge in [-0.3, -0.25) is 20.2 Å². The van der Waals surface area contributed by atoms with Gasteiger partial charge in [-0.15, -0.1) is 5.10 Å². The average Bonchev–Trinajstić information content (AvgIpc) is 3.09. The van der Waals surface area contributed by atoms with Crippen molar-refractivity contribution in [2.45, 2.75) is 12.8 Å². The Labute approximate surface area is 149 Å². The number of anilines is 1. The number of nitrogens with zero attached hydrogens (tertiary/aromatic N) is 3. The molecule has 1 aromatic carbocycles. The van der Waals surface area contributed by atoms with Crippen LogP contribution in [0.25, 0.3) is 11.4 Å². The Kier molecular flexibility index (Phi) is 5.25. The number of pyridine rings is 1. The van der Waals surface area contributed by atoms with Crippen molar-refractivity contribution in [3.8, 4) is 17.1 Å². The van der Waals surface area contributed by atoms with Crippen LogP contribution in [0.1, 0.15) is 12.0 Å². The minimum Gasteiger partial charge on any atom is -0.494 e. The first-order chi connectivity index (χ1) is 12.2. The topological polar surface area (TPSA) is 92.8 Å². The van der Waals surface area contributed by atoms with E-state index < -0.39 is 0 Å². The third-order valence-electron chi connectivity index (χ3n) is 3.55. The highest BCUT2D eigenvalue weighted by atomic mass is 35.5. The summed E-state index contributed by atoms with van der Waals surface area (Å²) in [6.45, 7) is 0. The molecule has 3 aromatic rings. The monoisotopic (exact) mass is 357 g/mol. The van der Waals surface area contributed by atoms with E-state index in [1.165, 1.54) is 0 Å². The van der Waals surface area contributed by atoms with Gasteiger partial charge in [-0.2, -0.15) is 4.98 Å². The Morgan fingerprint density at radius 2 is 2.08 bits per heavy atom. The number of amides is 1. The zero-order valence-electron chi connectivity index (χ0n) is 13.5. The van der Waals surface area contributed by atoms with E-state index in [2.05, 4.69) is 25.5 Å². The summed E-state index contributed by atoms with van der Waals surface area (Å²) in [5.74, 6) is 1.11. The predicted molar refractivity (Wildman–Crippen MR) is 94.6 cm³/mol. The number of benzene rings is 1. The van der Waals surface area contributed by atoms with Gasteiger partial charge in [0.1, 0.15) is 5.75 Å². The summed E-state index contributed by atoms with van der Waals surface area (Å²) in [6.07, 6.45) is 4.15. The molecule has 7 nitrogen and oxygen atoms in total. The number of nitrogens with one attached hydrogen (secondary N) is 2. The number of rotatable bonds is 6. The number of carbonyl (C=O) groups is 1. The molecular weight excluding hydrogens is 342 g/mol. The van der Waals surface area contributed by atoms with Crippen LogP contribution in [0.5, 0.6) is 5.75 Å². The van der Waals surface area contributed by atoms with Crippen LogP contribution in [0.3, 0.4) is 0 Å². The highest BCUT2D eigenvalue weighted by molar-refractivity contribution is 6.30. The second-order valence-electron chi connectivity index (χ2n) is 5.26. The minimum atomic E-state index is -0.165. The van der Waals surface area contributed by atoms with E-state index in [1.54, 1.807) is 37.7 Å². The van der Waals surface area contributed by atoms with Gasteiger partial charge in [-0.25, -0.2) is 0 Å². The van der Waals surface area contributed by atoms with E-state index in [0.29, 0.717) is 35.0 Å². The van der Waals surface area contributed by atoms with Crippen LogP contribution in [-0.2, 0) is 11.2 Å². The van der Waals surface area contributed by atoms with Crippen LogP contribution < -0.4 is 10.1 Å². The van der Waals surface area contributed by atoms with Crippen molar-refractivity contribution in [2.24, 2.45) is 0 Å². The molecule has 0 aliphatic rings. The molecule has 2 aromatic heterocycles. The number of aromatic amines is 1. The number of methoxy groups -OCH3 is 1. The Bertz CT molecular complexity index is 863. The van der Waals surface area contributed by atoms with Crippen molar-refractivity contribution in [2.75, 3.05) is 12.4 Å². The van der Waals surface area contributed by atoms with Crippen LogP contribution >= 0.6 is 11.6 Å². The van der Waals surface area contributed by atoms with Gasteiger partial charge in [-0.1, -0.05) is 23.7 Å². The van der Waals surface area contributed by atoms with Crippen LogP contribution in [0.2, 0.25) is 5.02 Å². The van der Waals surface area contributed by atoms with E-state index in [4.69, 9.17) is 16.3 Å². The molecular formula is C17H16ClN5O2. The van der Waals surface area contributed by atoms with Crippen LogP contribution in [-0.4, -0.2) is 33.2 Å². The number of aromatic nitrogens is 4. The van der Waals surface area contributed by atoms with Gasteiger partial charge in [0.05, 0.1) is 18.9 Å². The predicted octanol–water partition coefficient (Wildman–Crippen LogP) is 3.10. The number of hydrogen-bond acceptors (Lipinski definition) is 5. The maximum Gasteiger partial charge on any atom is 0.249 e. The maximum absolute atomic E-state index is 12.1. The van der Waals surface area contributed by atoms with Crippen molar-refractivity contribution < 1.29 is 9.53 Å². The van der Waals surface area contributed by atoms with Crippen LogP contribution in [0.15, 0.2) is 42.7 Å². The third kappa shape index (κ3) is 4.33. The van der Waals surface area contributed by atoms with Crippen molar-refractivity contribution in [1.82, 2.24) is 20.2 Å². The molecule has 3 rings (SSSR count). The molecule has 2 heterocycles. The molecule has 0 saturated heterocycles. The number of H-pyrrole nitrogens is 1. The molecule has 128 valence electrons. The molecule has 0 radical (unpaired) electrons. The van der Waals surface area contributed by atoms with Gasteiger partial charge < -0.3 is 4.74 Å². The van der Waals surface area contributed by atoms with Crippen molar-refractivity contribution in [1.29, 1.82) is 0 Å². The van der Waals surface area contributed by atoms with E-state index in [-0.39, 0.29) is 11.9 Å². The average molecular weight is 358 g/mol. The lowest BCUT2D eigenvalue weighted by Crippen LogP contribution is -2.13. The number of aryl methyl sites for hydroxylation is 1. The Morgan fingerprint density at radius 3 is 2.84 bits per heavy atom. The van der Waals surface area contributed by atoms with Gasteiger partial charge in [-0.05, 0) is 30.2 Å². The quantitative estimate of drug-likeness (QED) is 0.707. The zero-order valence-corrected chi connectivity index (χ0v) is 14.2. The Hall–Kier alpha value is -2.93. The highest BCUT2D eigenvalue weighted by Gasteiger charge is 2.12. The molecule has 2 N–H and O–H groups in total. The number of hydrogen-bond donors (Lipinski definition) is 2. The molecule has 0 bridgehead atoms. The molecule has 0 aliphatic heterocycles. The van der Waals surface area contributed by atoms with Crippen LogP contribution in [0, 0.1) is 0 Å². The van der Waals surface area contributed by atoms with E-state index >= 15 is 0 Å². The largest absolute Gasteiger partial charge is 0.494 e. The number of carbonyl (C=O) groups excluding carboxylic acids is 1. The molecule has 0 unspecified atom stereocenters. The first kappa shape index (κ1) is 16.9. The lowest BCUT2D eigenvalue weighted by molar-refractivity contribution is -0.116. The molecule has 0 aliphatic carbocycles. The first-order valence-corrected chi connectivity index (χ1v) is 7.98. The number of halogens is 1. The first-order valence-electron chi connectivity index (χ1n) is 7.61. The van der Waals surface area contributed by atoms with Crippen molar-refractivity contribution in [3.63, 3.8) is 0 Å². The second kappa shape index (κ2) is 7.76. The Balaban J connectivity index is 1.61. The molecule has 0 spiro atoms. The normalized spacial score (nSPS) is 10.5. The van der Waals surface area contributed by atoms with Gasteiger partial charge in [0.25, 0.3) is 0 Å².